The van der Waals surface area contributed by atoms with Gasteiger partial charge in [0.25, 0.3) is 0 Å². The molecule has 0 spiro atoms. The molecule has 1 aromatic rings. The fraction of sp³-hybridized carbons (Fsp3) is 0.300. The van der Waals surface area contributed by atoms with Crippen LogP contribution in [0.25, 0.3) is 0 Å². The van der Waals surface area contributed by atoms with Gasteiger partial charge in [0.2, 0.25) is 0 Å². The van der Waals surface area contributed by atoms with E-state index in [4.69, 9.17) is 4.18 Å². The van der Waals surface area contributed by atoms with E-state index in [1.807, 2.05) is 37.3 Å². The summed E-state index contributed by atoms with van der Waals surface area (Å²) in [6.45, 7) is 1.98. The summed E-state index contributed by atoms with van der Waals surface area (Å²) in [4.78, 5) is 11.7. The van der Waals surface area contributed by atoms with Crippen LogP contribution in [0.1, 0.15) is 24.8 Å². The molecule has 0 heterocycles. The molecule has 0 aromatic heterocycles. The lowest BCUT2D eigenvalue weighted by Crippen LogP contribution is -2.11. The first-order chi connectivity index (χ1) is 7.29. The van der Waals surface area contributed by atoms with Gasteiger partial charge in [0, 0.05) is 0 Å². The van der Waals surface area contributed by atoms with Crippen LogP contribution in [-0.2, 0) is 8.98 Å². The van der Waals surface area contributed by atoms with Crippen LogP contribution in [-0.4, -0.2) is 5.97 Å². The molecule has 0 amide bonds. The van der Waals surface area contributed by atoms with Crippen LogP contribution < -0.4 is 0 Å². The Kier molecular flexibility index (Phi) is 6.15. The van der Waals surface area contributed by atoms with Gasteiger partial charge in [-0.3, -0.25) is 4.79 Å². The summed E-state index contributed by atoms with van der Waals surface area (Å²) in [5.74, 6) is -0.334. The molecular weight excluding hydrogens is 247 g/mol. The highest BCUT2D eigenvalue weighted by Crippen LogP contribution is 2.32. The average molecular weight is 260 g/mol. The molecule has 0 N–H and O–H groups in total. The first kappa shape index (κ1) is 12.9. The SMILES string of the molecule is CCC(C(=O)OSSP)c1ccccc1. The summed E-state index contributed by atoms with van der Waals surface area (Å²) in [6.07, 6.45) is 0.755. The molecule has 0 aliphatic heterocycles. The van der Waals surface area contributed by atoms with Gasteiger partial charge in [-0.1, -0.05) is 45.7 Å². The maximum Gasteiger partial charge on any atom is 0.326 e. The molecule has 1 aromatic carbocycles. The van der Waals surface area contributed by atoms with Gasteiger partial charge in [-0.2, -0.15) is 0 Å². The van der Waals surface area contributed by atoms with Crippen LogP contribution in [0.15, 0.2) is 30.3 Å². The molecule has 0 saturated heterocycles. The third-order valence-electron chi connectivity index (χ3n) is 2.05. The van der Waals surface area contributed by atoms with Gasteiger partial charge in [-0.25, -0.2) is 0 Å². The number of rotatable bonds is 5. The molecule has 0 saturated carbocycles. The molecule has 0 aliphatic carbocycles. The normalized spacial score (nSPS) is 12.1. The minimum atomic E-state index is -0.177. The third-order valence-corrected chi connectivity index (χ3v) is 3.51. The zero-order valence-electron chi connectivity index (χ0n) is 8.38. The van der Waals surface area contributed by atoms with Crippen molar-refractivity contribution in [3.8, 4) is 0 Å². The van der Waals surface area contributed by atoms with E-state index in [-0.39, 0.29) is 11.9 Å². The van der Waals surface area contributed by atoms with Crippen LogP contribution in [0.4, 0.5) is 0 Å². The lowest BCUT2D eigenvalue weighted by molar-refractivity contribution is -0.134. The smallest absolute Gasteiger partial charge is 0.326 e. The van der Waals surface area contributed by atoms with Gasteiger partial charge in [-0.05, 0) is 22.4 Å². The summed E-state index contributed by atoms with van der Waals surface area (Å²) in [5.41, 5.74) is 1.01. The van der Waals surface area contributed by atoms with Crippen molar-refractivity contribution in [2.24, 2.45) is 0 Å². The summed E-state index contributed by atoms with van der Waals surface area (Å²) < 4.78 is 5.02. The van der Waals surface area contributed by atoms with Crippen LogP contribution in [0, 0.1) is 0 Å². The Balaban J connectivity index is 2.67. The molecule has 2 atom stereocenters. The fourth-order valence-corrected chi connectivity index (χ4v) is 2.23. The van der Waals surface area contributed by atoms with Gasteiger partial charge < -0.3 is 4.18 Å². The molecule has 1 rings (SSSR count). The van der Waals surface area contributed by atoms with Crippen molar-refractivity contribution in [3.05, 3.63) is 35.9 Å². The second-order valence-electron chi connectivity index (χ2n) is 2.94. The largest absolute Gasteiger partial charge is 0.379 e. The standard InChI is InChI=1S/C10H13O2PS2/c1-2-9(10(11)12-14-15-13)8-6-4-3-5-7-8/h3-7,9H,2,13H2,1H3. The Bertz CT molecular complexity index is 306. The van der Waals surface area contributed by atoms with Gasteiger partial charge in [0.05, 0.1) is 5.92 Å². The maximum atomic E-state index is 11.7. The van der Waals surface area contributed by atoms with Crippen LogP contribution in [0.5, 0.6) is 0 Å². The Hall–Kier alpha value is -0.180. The van der Waals surface area contributed by atoms with Crippen molar-refractivity contribution in [1.29, 1.82) is 0 Å². The molecule has 2 unspecified atom stereocenters. The zero-order chi connectivity index (χ0) is 11.1. The number of benzene rings is 1. The molecule has 2 nitrogen and oxygen atoms in total. The minimum Gasteiger partial charge on any atom is -0.379 e. The van der Waals surface area contributed by atoms with E-state index in [1.54, 1.807) is 0 Å². The van der Waals surface area contributed by atoms with E-state index in [9.17, 15) is 4.79 Å². The van der Waals surface area contributed by atoms with Crippen molar-refractivity contribution in [2.75, 3.05) is 0 Å². The van der Waals surface area contributed by atoms with Crippen molar-refractivity contribution in [3.63, 3.8) is 0 Å². The van der Waals surface area contributed by atoms with E-state index < -0.39 is 0 Å². The summed E-state index contributed by atoms with van der Waals surface area (Å²) in [7, 11) is 3.77. The van der Waals surface area contributed by atoms with Crippen molar-refractivity contribution in [1.82, 2.24) is 0 Å². The maximum absolute atomic E-state index is 11.7. The van der Waals surface area contributed by atoms with Crippen LogP contribution in [0.2, 0.25) is 0 Å². The van der Waals surface area contributed by atoms with Crippen molar-refractivity contribution >= 4 is 35.9 Å². The second kappa shape index (κ2) is 7.15. The number of carbonyl (C=O) groups is 1. The van der Waals surface area contributed by atoms with E-state index in [0.29, 0.717) is 0 Å². The third kappa shape index (κ3) is 4.06. The predicted molar refractivity (Wildman–Crippen MR) is 70.5 cm³/mol. The first-order valence-corrected chi connectivity index (χ1v) is 8.13. The molecule has 15 heavy (non-hydrogen) atoms. The molecule has 0 aliphatic rings. The zero-order valence-corrected chi connectivity index (χ0v) is 11.2. The molecular formula is C10H13O2PS2. The highest BCUT2D eigenvalue weighted by Gasteiger charge is 2.20. The quantitative estimate of drug-likeness (QED) is 0.457. The topological polar surface area (TPSA) is 26.3 Å². The second-order valence-corrected chi connectivity index (χ2v) is 6.15. The molecule has 5 heteroatoms. The van der Waals surface area contributed by atoms with Crippen molar-refractivity contribution < 1.29 is 8.98 Å². The average Bonchev–Trinajstić information content (AvgIpc) is 2.29. The molecule has 82 valence electrons. The molecule has 0 radical (unpaired) electrons. The van der Waals surface area contributed by atoms with E-state index in [1.165, 1.54) is 10.4 Å². The predicted octanol–water partition coefficient (Wildman–Crippen LogP) is 3.81. The van der Waals surface area contributed by atoms with Gasteiger partial charge in [0.1, 0.15) is 11.1 Å². The highest BCUT2D eigenvalue weighted by molar-refractivity contribution is 8.92. The number of carbonyl (C=O) groups excluding carboxylic acids is 1. The lowest BCUT2D eigenvalue weighted by Gasteiger charge is -2.12. The Morgan fingerprint density at radius 1 is 1.47 bits per heavy atom. The lowest BCUT2D eigenvalue weighted by atomic mass is 9.97. The van der Waals surface area contributed by atoms with Crippen LogP contribution >= 0.6 is 29.9 Å². The van der Waals surface area contributed by atoms with Gasteiger partial charge in [0.15, 0.2) is 0 Å². The fourth-order valence-electron chi connectivity index (χ4n) is 1.34. The highest BCUT2D eigenvalue weighted by atomic mass is 33.3. The minimum absolute atomic E-state index is 0.157. The van der Waals surface area contributed by atoms with E-state index in [0.717, 1.165) is 23.1 Å². The first-order valence-electron chi connectivity index (χ1n) is 4.58. The van der Waals surface area contributed by atoms with E-state index in [2.05, 4.69) is 8.44 Å². The molecule has 0 fully saturated rings. The Labute approximate surface area is 100 Å². The Morgan fingerprint density at radius 2 is 2.13 bits per heavy atom. The van der Waals surface area contributed by atoms with Crippen LogP contribution in [0.3, 0.4) is 0 Å². The number of hydrogen-bond acceptors (Lipinski definition) is 4. The van der Waals surface area contributed by atoms with Gasteiger partial charge >= 0.3 is 5.97 Å². The van der Waals surface area contributed by atoms with E-state index >= 15 is 0 Å². The Morgan fingerprint density at radius 3 is 2.67 bits per heavy atom. The summed E-state index contributed by atoms with van der Waals surface area (Å²) in [6, 6.07) is 9.71. The monoisotopic (exact) mass is 260 g/mol. The van der Waals surface area contributed by atoms with Crippen molar-refractivity contribution in [2.45, 2.75) is 19.3 Å². The van der Waals surface area contributed by atoms with Gasteiger partial charge in [-0.15, -0.1) is 0 Å². The summed E-state index contributed by atoms with van der Waals surface area (Å²) >= 11 is 1.08. The number of hydrogen-bond donors (Lipinski definition) is 0. The summed E-state index contributed by atoms with van der Waals surface area (Å²) in [5, 5.41) is 0. The molecule has 0 bridgehead atoms.